The molecular formula is C17H16Cl2O2. The summed E-state index contributed by atoms with van der Waals surface area (Å²) in [5, 5.41) is 11.3. The van der Waals surface area contributed by atoms with Crippen molar-refractivity contribution in [2.45, 2.75) is 31.5 Å². The van der Waals surface area contributed by atoms with Crippen LogP contribution in [0.5, 0.6) is 5.75 Å². The van der Waals surface area contributed by atoms with Crippen LogP contribution in [0.1, 0.15) is 30.1 Å². The minimum Gasteiger partial charge on any atom is -0.490 e. The monoisotopic (exact) mass is 322 g/mol. The highest BCUT2D eigenvalue weighted by Gasteiger charge is 2.23. The molecule has 1 atom stereocenters. The summed E-state index contributed by atoms with van der Waals surface area (Å²) >= 11 is 11.9. The molecule has 0 amide bonds. The Labute approximate surface area is 134 Å². The SMILES string of the molecule is OC(Cc1ccc(Cl)c(Cl)c1)c1ccc(OC2CC2)cc1. The number of aliphatic hydroxyl groups excluding tert-OH is 1. The Balaban J connectivity index is 1.66. The van der Waals surface area contributed by atoms with Crippen molar-refractivity contribution in [1.82, 2.24) is 0 Å². The number of ether oxygens (including phenoxy) is 1. The molecule has 1 aliphatic carbocycles. The maximum Gasteiger partial charge on any atom is 0.119 e. The highest BCUT2D eigenvalue weighted by atomic mass is 35.5. The maximum atomic E-state index is 10.3. The van der Waals surface area contributed by atoms with E-state index in [0.717, 1.165) is 29.7 Å². The lowest BCUT2D eigenvalue weighted by Gasteiger charge is -2.13. The second-order valence-corrected chi connectivity index (χ2v) is 6.17. The molecule has 1 N–H and O–H groups in total. The fourth-order valence-electron chi connectivity index (χ4n) is 2.15. The van der Waals surface area contributed by atoms with Crippen LogP contribution in [0.4, 0.5) is 0 Å². The zero-order valence-corrected chi connectivity index (χ0v) is 12.9. The smallest absolute Gasteiger partial charge is 0.119 e. The van der Waals surface area contributed by atoms with Gasteiger partial charge in [0.1, 0.15) is 5.75 Å². The van der Waals surface area contributed by atoms with Crippen molar-refractivity contribution in [1.29, 1.82) is 0 Å². The molecule has 0 radical (unpaired) electrons. The molecule has 2 aromatic rings. The average Bonchev–Trinajstić information content (AvgIpc) is 3.28. The van der Waals surface area contributed by atoms with Gasteiger partial charge in [0.15, 0.2) is 0 Å². The molecule has 1 unspecified atom stereocenters. The summed E-state index contributed by atoms with van der Waals surface area (Å²) in [5.41, 5.74) is 1.82. The Morgan fingerprint density at radius 3 is 2.38 bits per heavy atom. The zero-order valence-electron chi connectivity index (χ0n) is 11.4. The van der Waals surface area contributed by atoms with Crippen LogP contribution in [-0.2, 0) is 6.42 Å². The van der Waals surface area contributed by atoms with Gasteiger partial charge >= 0.3 is 0 Å². The van der Waals surface area contributed by atoms with Gasteiger partial charge in [-0.15, -0.1) is 0 Å². The molecule has 0 spiro atoms. The number of hydrogen-bond donors (Lipinski definition) is 1. The highest BCUT2D eigenvalue weighted by Crippen LogP contribution is 2.29. The van der Waals surface area contributed by atoms with Crippen molar-refractivity contribution in [2.24, 2.45) is 0 Å². The number of rotatable bonds is 5. The molecule has 2 aromatic carbocycles. The lowest BCUT2D eigenvalue weighted by atomic mass is 10.0. The van der Waals surface area contributed by atoms with Crippen molar-refractivity contribution in [3.63, 3.8) is 0 Å². The number of hydrogen-bond acceptors (Lipinski definition) is 2. The summed E-state index contributed by atoms with van der Waals surface area (Å²) in [7, 11) is 0. The van der Waals surface area contributed by atoms with E-state index < -0.39 is 6.10 Å². The number of aliphatic hydroxyl groups is 1. The van der Waals surface area contributed by atoms with Crippen LogP contribution >= 0.6 is 23.2 Å². The Hall–Kier alpha value is -1.22. The van der Waals surface area contributed by atoms with Gasteiger partial charge in [-0.2, -0.15) is 0 Å². The molecule has 4 heteroatoms. The summed E-state index contributed by atoms with van der Waals surface area (Å²) < 4.78 is 5.69. The van der Waals surface area contributed by atoms with E-state index >= 15 is 0 Å². The van der Waals surface area contributed by atoms with Gasteiger partial charge in [-0.05, 0) is 48.2 Å². The second kappa shape index (κ2) is 6.27. The van der Waals surface area contributed by atoms with Crippen LogP contribution in [0.2, 0.25) is 10.0 Å². The molecule has 110 valence electrons. The molecule has 1 fully saturated rings. The van der Waals surface area contributed by atoms with Gasteiger partial charge in [0.25, 0.3) is 0 Å². The molecule has 0 aliphatic heterocycles. The third-order valence-corrected chi connectivity index (χ3v) is 4.24. The molecule has 0 heterocycles. The predicted molar refractivity (Wildman–Crippen MR) is 85.2 cm³/mol. The van der Waals surface area contributed by atoms with Crippen LogP contribution in [-0.4, -0.2) is 11.2 Å². The minimum atomic E-state index is -0.572. The molecule has 2 nitrogen and oxygen atoms in total. The van der Waals surface area contributed by atoms with E-state index in [2.05, 4.69) is 0 Å². The van der Waals surface area contributed by atoms with E-state index in [4.69, 9.17) is 27.9 Å². The third-order valence-electron chi connectivity index (χ3n) is 3.51. The largest absolute Gasteiger partial charge is 0.490 e. The van der Waals surface area contributed by atoms with Crippen LogP contribution in [0.25, 0.3) is 0 Å². The fraction of sp³-hybridized carbons (Fsp3) is 0.294. The molecule has 1 saturated carbocycles. The lowest BCUT2D eigenvalue weighted by Crippen LogP contribution is -2.02. The minimum absolute atomic E-state index is 0.386. The van der Waals surface area contributed by atoms with Gasteiger partial charge in [-0.3, -0.25) is 0 Å². The lowest BCUT2D eigenvalue weighted by molar-refractivity contribution is 0.178. The van der Waals surface area contributed by atoms with Gasteiger partial charge in [-0.25, -0.2) is 0 Å². The number of benzene rings is 2. The van der Waals surface area contributed by atoms with Crippen molar-refractivity contribution in [3.05, 3.63) is 63.6 Å². The topological polar surface area (TPSA) is 29.5 Å². The first-order valence-electron chi connectivity index (χ1n) is 7.00. The van der Waals surface area contributed by atoms with E-state index in [1.165, 1.54) is 0 Å². The van der Waals surface area contributed by atoms with Crippen LogP contribution in [0.15, 0.2) is 42.5 Å². The normalized spacial score (nSPS) is 15.8. The molecule has 21 heavy (non-hydrogen) atoms. The fourth-order valence-corrected chi connectivity index (χ4v) is 2.48. The summed E-state index contributed by atoms with van der Waals surface area (Å²) in [4.78, 5) is 0. The van der Waals surface area contributed by atoms with Gasteiger partial charge in [0.05, 0.1) is 22.3 Å². The van der Waals surface area contributed by atoms with Crippen molar-refractivity contribution in [2.75, 3.05) is 0 Å². The molecular weight excluding hydrogens is 307 g/mol. The maximum absolute atomic E-state index is 10.3. The van der Waals surface area contributed by atoms with Crippen LogP contribution < -0.4 is 4.74 Å². The van der Waals surface area contributed by atoms with Gasteiger partial charge in [0.2, 0.25) is 0 Å². The van der Waals surface area contributed by atoms with E-state index in [9.17, 15) is 5.11 Å². The van der Waals surface area contributed by atoms with E-state index in [0.29, 0.717) is 22.6 Å². The molecule has 0 bridgehead atoms. The first-order chi connectivity index (χ1) is 10.1. The summed E-state index contributed by atoms with van der Waals surface area (Å²) in [5.74, 6) is 0.864. The molecule has 0 saturated heterocycles. The zero-order chi connectivity index (χ0) is 14.8. The van der Waals surface area contributed by atoms with Gasteiger partial charge in [-0.1, -0.05) is 41.4 Å². The van der Waals surface area contributed by atoms with Crippen molar-refractivity contribution in [3.8, 4) is 5.75 Å². The van der Waals surface area contributed by atoms with E-state index in [1.807, 2.05) is 30.3 Å². The van der Waals surface area contributed by atoms with E-state index in [1.54, 1.807) is 12.1 Å². The molecule has 3 rings (SSSR count). The molecule has 0 aromatic heterocycles. The standard InChI is InChI=1S/C17H16Cl2O2/c18-15-8-1-11(9-16(15)19)10-17(20)12-2-4-13(5-3-12)21-14-6-7-14/h1-5,8-9,14,17,20H,6-7,10H2. The van der Waals surface area contributed by atoms with E-state index in [-0.39, 0.29) is 0 Å². The summed E-state index contributed by atoms with van der Waals surface area (Å²) in [6.07, 6.45) is 2.59. The summed E-state index contributed by atoms with van der Waals surface area (Å²) in [6.45, 7) is 0. The predicted octanol–water partition coefficient (Wildman–Crippen LogP) is 4.81. The Bertz CT molecular complexity index is 621. The first-order valence-corrected chi connectivity index (χ1v) is 7.76. The van der Waals surface area contributed by atoms with Crippen molar-refractivity contribution < 1.29 is 9.84 Å². The van der Waals surface area contributed by atoms with Gasteiger partial charge in [0, 0.05) is 6.42 Å². The Morgan fingerprint density at radius 1 is 1.05 bits per heavy atom. The van der Waals surface area contributed by atoms with Crippen LogP contribution in [0, 0.1) is 0 Å². The van der Waals surface area contributed by atoms with Crippen LogP contribution in [0.3, 0.4) is 0 Å². The average molecular weight is 323 g/mol. The first kappa shape index (κ1) is 14.7. The molecule has 1 aliphatic rings. The van der Waals surface area contributed by atoms with Gasteiger partial charge < -0.3 is 9.84 Å². The van der Waals surface area contributed by atoms with Crippen molar-refractivity contribution >= 4 is 23.2 Å². The second-order valence-electron chi connectivity index (χ2n) is 5.35. The summed E-state index contributed by atoms with van der Waals surface area (Å²) in [6, 6.07) is 13.0. The Kier molecular flexibility index (Phi) is 4.39. The number of halogens is 2. The quantitative estimate of drug-likeness (QED) is 0.855. The third kappa shape index (κ3) is 3.91. The highest BCUT2D eigenvalue weighted by molar-refractivity contribution is 6.42. The Morgan fingerprint density at radius 2 is 1.76 bits per heavy atom.